The van der Waals surface area contributed by atoms with Gasteiger partial charge in [0.2, 0.25) is 0 Å². The molecule has 2 heterocycles. The summed E-state index contributed by atoms with van der Waals surface area (Å²) in [5.41, 5.74) is 1.87. The number of carbonyl (C=O) groups is 1. The number of carbonyl (C=O) groups excluding carboxylic acids is 1. The van der Waals surface area contributed by atoms with Gasteiger partial charge in [0.1, 0.15) is 15.6 Å². The largest absolute Gasteiger partial charge is 0.494 e. The van der Waals surface area contributed by atoms with E-state index in [0.717, 1.165) is 72.1 Å². The molecular weight excluding hydrogens is 382 g/mol. The van der Waals surface area contributed by atoms with Crippen molar-refractivity contribution in [1.82, 2.24) is 14.8 Å². The molecule has 0 bridgehead atoms. The van der Waals surface area contributed by atoms with E-state index in [1.165, 1.54) is 37.0 Å². The van der Waals surface area contributed by atoms with Gasteiger partial charge < -0.3 is 9.64 Å². The number of aromatic nitrogens is 1. The number of thiazole rings is 1. The van der Waals surface area contributed by atoms with Crippen LogP contribution in [0.5, 0.6) is 5.75 Å². The maximum atomic E-state index is 13.1. The Hall–Kier alpha value is -1.92. The third-order valence-electron chi connectivity index (χ3n) is 6.01. The Kier molecular flexibility index (Phi) is 6.50. The lowest BCUT2D eigenvalue weighted by atomic mass is 10.1. The highest BCUT2D eigenvalue weighted by Crippen LogP contribution is 2.31. The second-order valence-corrected chi connectivity index (χ2v) is 9.07. The number of benzene rings is 1. The first-order valence-corrected chi connectivity index (χ1v) is 11.7. The lowest BCUT2D eigenvalue weighted by Crippen LogP contribution is -2.51. The molecular formula is C23H31N3O2S. The summed E-state index contributed by atoms with van der Waals surface area (Å²) < 4.78 is 5.66. The topological polar surface area (TPSA) is 45.7 Å². The Morgan fingerprint density at radius 2 is 1.83 bits per heavy atom. The molecule has 0 atom stereocenters. The molecule has 1 saturated carbocycles. The van der Waals surface area contributed by atoms with Crippen molar-refractivity contribution in [2.75, 3.05) is 32.8 Å². The van der Waals surface area contributed by atoms with Gasteiger partial charge in [0.05, 0.1) is 12.3 Å². The molecule has 1 aliphatic carbocycles. The fraction of sp³-hybridized carbons (Fsp3) is 0.565. The minimum atomic E-state index is 0.139. The summed E-state index contributed by atoms with van der Waals surface area (Å²) in [4.78, 5) is 23.2. The van der Waals surface area contributed by atoms with Crippen molar-refractivity contribution in [1.29, 1.82) is 0 Å². The number of hydrogen-bond acceptors (Lipinski definition) is 5. The molecule has 1 aromatic heterocycles. The van der Waals surface area contributed by atoms with Gasteiger partial charge in [0, 0.05) is 37.8 Å². The number of rotatable bonds is 6. The predicted octanol–water partition coefficient (Wildman–Crippen LogP) is 4.61. The Morgan fingerprint density at radius 3 is 2.48 bits per heavy atom. The maximum absolute atomic E-state index is 13.1. The van der Waals surface area contributed by atoms with Gasteiger partial charge in [-0.15, -0.1) is 11.3 Å². The van der Waals surface area contributed by atoms with E-state index in [2.05, 4.69) is 16.8 Å². The fourth-order valence-electron chi connectivity index (χ4n) is 4.34. The lowest BCUT2D eigenvalue weighted by Gasteiger charge is -2.37. The van der Waals surface area contributed by atoms with E-state index in [4.69, 9.17) is 4.74 Å². The van der Waals surface area contributed by atoms with Crippen molar-refractivity contribution >= 4 is 17.2 Å². The van der Waals surface area contributed by atoms with Crippen LogP contribution < -0.4 is 4.74 Å². The molecule has 4 rings (SSSR count). The molecule has 0 unspecified atom stereocenters. The number of piperazine rings is 1. The van der Waals surface area contributed by atoms with E-state index in [1.54, 1.807) is 0 Å². The Morgan fingerprint density at radius 1 is 1.14 bits per heavy atom. The van der Waals surface area contributed by atoms with E-state index in [-0.39, 0.29) is 5.91 Å². The minimum absolute atomic E-state index is 0.139. The number of ether oxygens (including phenoxy) is 1. The van der Waals surface area contributed by atoms with Crippen molar-refractivity contribution < 1.29 is 9.53 Å². The zero-order chi connectivity index (χ0) is 20.2. The van der Waals surface area contributed by atoms with Crippen LogP contribution in [0.15, 0.2) is 24.3 Å². The number of amides is 1. The van der Waals surface area contributed by atoms with Gasteiger partial charge in [0.25, 0.3) is 5.91 Å². The maximum Gasteiger partial charge on any atom is 0.265 e. The zero-order valence-corrected chi connectivity index (χ0v) is 18.3. The molecule has 0 spiro atoms. The zero-order valence-electron chi connectivity index (χ0n) is 17.5. The molecule has 2 aromatic rings. The van der Waals surface area contributed by atoms with Crippen molar-refractivity contribution in [3.63, 3.8) is 0 Å². The SMILES string of the molecule is CCCOc1ccc(-c2nc(C)c(C(=O)N3CCN(C4CCCC4)CC3)s2)cc1. The predicted molar refractivity (Wildman–Crippen MR) is 118 cm³/mol. The highest BCUT2D eigenvalue weighted by atomic mass is 32.1. The molecule has 1 saturated heterocycles. The van der Waals surface area contributed by atoms with Crippen LogP contribution in [0.1, 0.15) is 54.4 Å². The summed E-state index contributed by atoms with van der Waals surface area (Å²) in [5.74, 6) is 1.01. The van der Waals surface area contributed by atoms with E-state index < -0.39 is 0 Å². The highest BCUT2D eigenvalue weighted by molar-refractivity contribution is 7.17. The summed E-state index contributed by atoms with van der Waals surface area (Å²) >= 11 is 1.51. The second-order valence-electron chi connectivity index (χ2n) is 8.07. The molecule has 0 N–H and O–H groups in total. The van der Waals surface area contributed by atoms with E-state index >= 15 is 0 Å². The Bertz CT molecular complexity index is 819. The molecule has 1 aliphatic heterocycles. The van der Waals surface area contributed by atoms with Crippen molar-refractivity contribution in [3.8, 4) is 16.3 Å². The molecule has 6 heteroatoms. The van der Waals surface area contributed by atoms with Gasteiger partial charge >= 0.3 is 0 Å². The third kappa shape index (κ3) is 4.64. The standard InChI is InChI=1S/C23H31N3O2S/c1-3-16-28-20-10-8-18(9-11-20)22-24-17(2)21(29-22)23(27)26-14-12-25(13-15-26)19-6-4-5-7-19/h8-11,19H,3-7,12-16H2,1-2H3. The number of aryl methyl sites for hydroxylation is 1. The molecule has 156 valence electrons. The summed E-state index contributed by atoms with van der Waals surface area (Å²) in [6, 6.07) is 8.75. The van der Waals surface area contributed by atoms with Crippen molar-refractivity contribution in [2.24, 2.45) is 0 Å². The van der Waals surface area contributed by atoms with Crippen LogP contribution in [0.4, 0.5) is 0 Å². The molecule has 2 fully saturated rings. The Balaban J connectivity index is 1.40. The summed E-state index contributed by atoms with van der Waals surface area (Å²) in [6.45, 7) is 8.42. The normalized spacial score (nSPS) is 18.3. The van der Waals surface area contributed by atoms with Gasteiger partial charge in [-0.2, -0.15) is 0 Å². The lowest BCUT2D eigenvalue weighted by molar-refractivity contribution is 0.0577. The minimum Gasteiger partial charge on any atom is -0.494 e. The molecule has 0 radical (unpaired) electrons. The van der Waals surface area contributed by atoms with Gasteiger partial charge in [-0.1, -0.05) is 19.8 Å². The quantitative estimate of drug-likeness (QED) is 0.694. The molecule has 1 amide bonds. The summed E-state index contributed by atoms with van der Waals surface area (Å²) in [5, 5.41) is 0.900. The van der Waals surface area contributed by atoms with Crippen LogP contribution in [0.3, 0.4) is 0 Å². The van der Waals surface area contributed by atoms with Gasteiger partial charge in [-0.05, 0) is 50.5 Å². The van der Waals surface area contributed by atoms with Crippen LogP contribution in [0, 0.1) is 6.92 Å². The summed E-state index contributed by atoms with van der Waals surface area (Å²) in [7, 11) is 0. The van der Waals surface area contributed by atoms with Gasteiger partial charge in [0.15, 0.2) is 0 Å². The van der Waals surface area contributed by atoms with Crippen LogP contribution >= 0.6 is 11.3 Å². The first-order chi connectivity index (χ1) is 14.2. The van der Waals surface area contributed by atoms with Gasteiger partial charge in [-0.25, -0.2) is 4.98 Å². The van der Waals surface area contributed by atoms with E-state index in [0.29, 0.717) is 0 Å². The average Bonchev–Trinajstić information content (AvgIpc) is 3.42. The third-order valence-corrected chi connectivity index (χ3v) is 7.20. The van der Waals surface area contributed by atoms with E-state index in [9.17, 15) is 4.79 Å². The van der Waals surface area contributed by atoms with Crippen molar-refractivity contribution in [2.45, 2.75) is 52.0 Å². The number of hydrogen-bond donors (Lipinski definition) is 0. The Labute approximate surface area is 177 Å². The summed E-state index contributed by atoms with van der Waals surface area (Å²) in [6.07, 6.45) is 6.37. The molecule has 1 aromatic carbocycles. The van der Waals surface area contributed by atoms with Crippen LogP contribution in [0.25, 0.3) is 10.6 Å². The van der Waals surface area contributed by atoms with Crippen molar-refractivity contribution in [3.05, 3.63) is 34.8 Å². The first-order valence-electron chi connectivity index (χ1n) is 10.9. The van der Waals surface area contributed by atoms with Crippen LogP contribution in [-0.4, -0.2) is 59.5 Å². The average molecular weight is 414 g/mol. The molecule has 5 nitrogen and oxygen atoms in total. The highest BCUT2D eigenvalue weighted by Gasteiger charge is 2.29. The van der Waals surface area contributed by atoms with Gasteiger partial charge in [-0.3, -0.25) is 9.69 Å². The first kappa shape index (κ1) is 20.4. The van der Waals surface area contributed by atoms with E-state index in [1.807, 2.05) is 36.1 Å². The number of nitrogens with zero attached hydrogens (tertiary/aromatic N) is 3. The van der Waals surface area contributed by atoms with Crippen LogP contribution in [0.2, 0.25) is 0 Å². The fourth-order valence-corrected chi connectivity index (χ4v) is 5.37. The smallest absolute Gasteiger partial charge is 0.265 e. The monoisotopic (exact) mass is 413 g/mol. The molecule has 2 aliphatic rings. The second kappa shape index (κ2) is 9.26. The molecule has 29 heavy (non-hydrogen) atoms. The van der Waals surface area contributed by atoms with Crippen LogP contribution in [-0.2, 0) is 0 Å².